The van der Waals surface area contributed by atoms with Crippen molar-refractivity contribution in [3.8, 4) is 29.0 Å². The summed E-state index contributed by atoms with van der Waals surface area (Å²) >= 11 is 0. The van der Waals surface area contributed by atoms with Crippen LogP contribution in [0, 0.1) is 29.6 Å². The predicted molar refractivity (Wildman–Crippen MR) is 148 cm³/mol. The van der Waals surface area contributed by atoms with E-state index in [1.54, 1.807) is 6.08 Å². The van der Waals surface area contributed by atoms with Gasteiger partial charge in [-0.05, 0) is 64.9 Å². The number of benzene rings is 3. The van der Waals surface area contributed by atoms with Crippen molar-refractivity contribution < 1.29 is 0 Å². The molecule has 36 heavy (non-hydrogen) atoms. The molecular weight excluding hydrogens is 438 g/mol. The Morgan fingerprint density at radius 2 is 1.61 bits per heavy atom. The molecule has 0 amide bonds. The van der Waals surface area contributed by atoms with Gasteiger partial charge in [0.05, 0.1) is 22.3 Å². The molecule has 0 aliphatic heterocycles. The zero-order valence-corrected chi connectivity index (χ0v) is 21.5. The van der Waals surface area contributed by atoms with Gasteiger partial charge in [0.25, 0.3) is 0 Å². The summed E-state index contributed by atoms with van der Waals surface area (Å²) in [4.78, 5) is 0. The largest absolute Gasteiger partial charge is 0.311 e. The van der Waals surface area contributed by atoms with Crippen LogP contribution >= 0.6 is 0 Å². The maximum atomic E-state index is 10.2. The van der Waals surface area contributed by atoms with Crippen molar-refractivity contribution in [1.82, 2.24) is 4.57 Å². The first-order valence-electron chi connectivity index (χ1n) is 12.3. The summed E-state index contributed by atoms with van der Waals surface area (Å²) < 4.78 is 2.11. The van der Waals surface area contributed by atoms with Gasteiger partial charge in [-0.3, -0.25) is 0 Å². The third-order valence-corrected chi connectivity index (χ3v) is 7.62. The van der Waals surface area contributed by atoms with Crippen molar-refractivity contribution in [3.05, 3.63) is 106 Å². The van der Waals surface area contributed by atoms with Gasteiger partial charge in [-0.2, -0.15) is 10.5 Å². The molecule has 0 atom stereocenters. The number of hydrogen-bond acceptors (Lipinski definition) is 2. The number of nitriles is 2. The van der Waals surface area contributed by atoms with Gasteiger partial charge in [0.2, 0.25) is 0 Å². The van der Waals surface area contributed by atoms with Gasteiger partial charge in [0.15, 0.2) is 0 Å². The van der Waals surface area contributed by atoms with Crippen LogP contribution in [0.15, 0.2) is 67.3 Å². The van der Waals surface area contributed by atoms with Crippen LogP contribution in [0.1, 0.15) is 72.7 Å². The minimum absolute atomic E-state index is 0.155. The maximum absolute atomic E-state index is 10.2. The zero-order chi connectivity index (χ0) is 25.8. The normalized spacial score (nSPS) is 13.6. The fourth-order valence-electron chi connectivity index (χ4n) is 5.70. The Kier molecular flexibility index (Phi) is 5.46. The molecule has 0 unspecified atom stereocenters. The zero-order valence-electron chi connectivity index (χ0n) is 21.5. The molecule has 3 nitrogen and oxygen atoms in total. The molecule has 0 fully saturated rings. The van der Waals surface area contributed by atoms with Crippen LogP contribution < -0.4 is 0 Å². The predicted octanol–water partition coefficient (Wildman–Crippen LogP) is 8.31. The third kappa shape index (κ3) is 3.24. The van der Waals surface area contributed by atoms with Gasteiger partial charge in [0, 0.05) is 22.1 Å². The smallest absolute Gasteiger partial charge is 0.101 e. The minimum atomic E-state index is -0.155. The van der Waals surface area contributed by atoms with Crippen LogP contribution in [-0.2, 0) is 5.41 Å². The number of nitrogens with zero attached hydrogens (tertiary/aromatic N) is 3. The van der Waals surface area contributed by atoms with Crippen LogP contribution in [0.3, 0.4) is 0 Å². The summed E-state index contributed by atoms with van der Waals surface area (Å²) in [6, 6.07) is 21.8. The average Bonchev–Trinajstić information content (AvgIpc) is 3.27. The van der Waals surface area contributed by atoms with Crippen molar-refractivity contribution in [2.24, 2.45) is 0 Å². The lowest BCUT2D eigenvalue weighted by Crippen LogP contribution is -2.15. The van der Waals surface area contributed by atoms with E-state index < -0.39 is 0 Å². The topological polar surface area (TPSA) is 52.5 Å². The van der Waals surface area contributed by atoms with Crippen molar-refractivity contribution in [2.45, 2.75) is 46.0 Å². The Labute approximate surface area is 213 Å². The van der Waals surface area contributed by atoms with Gasteiger partial charge in [-0.15, -0.1) is 0 Å². The van der Waals surface area contributed by atoms with E-state index >= 15 is 0 Å². The first-order chi connectivity index (χ1) is 17.2. The van der Waals surface area contributed by atoms with Crippen LogP contribution in [0.2, 0.25) is 0 Å². The molecule has 0 saturated carbocycles. The Hall–Kier alpha value is -4.34. The summed E-state index contributed by atoms with van der Waals surface area (Å²) in [6.45, 7) is 14.6. The second-order valence-electron chi connectivity index (χ2n) is 10.4. The number of allylic oxidation sites excluding steroid dienone is 2. The van der Waals surface area contributed by atoms with Crippen LogP contribution in [0.25, 0.3) is 33.8 Å². The second kappa shape index (κ2) is 8.40. The van der Waals surface area contributed by atoms with Gasteiger partial charge >= 0.3 is 0 Å². The lowest BCUT2D eigenvalue weighted by Gasteiger charge is -2.22. The lowest BCUT2D eigenvalue weighted by molar-refractivity contribution is 0.661. The molecular formula is C33H29N3. The highest BCUT2D eigenvalue weighted by Crippen LogP contribution is 2.50. The Morgan fingerprint density at radius 3 is 2.22 bits per heavy atom. The summed E-state index contributed by atoms with van der Waals surface area (Å²) in [5.41, 5.74) is 10.6. The number of hydrogen-bond donors (Lipinski definition) is 0. The molecule has 0 N–H and O–H groups in total. The van der Waals surface area contributed by atoms with Crippen molar-refractivity contribution in [1.29, 1.82) is 10.5 Å². The quantitative estimate of drug-likeness (QED) is 0.283. The third-order valence-electron chi connectivity index (χ3n) is 7.62. The number of fused-ring (bicyclic) bond motifs is 4. The lowest BCUT2D eigenvalue weighted by atomic mass is 9.82. The van der Waals surface area contributed by atoms with Crippen LogP contribution in [-0.4, -0.2) is 4.57 Å². The first-order valence-corrected chi connectivity index (χ1v) is 12.3. The van der Waals surface area contributed by atoms with Gasteiger partial charge in [-0.25, -0.2) is 0 Å². The van der Waals surface area contributed by atoms with Gasteiger partial charge in [0.1, 0.15) is 12.1 Å². The van der Waals surface area contributed by atoms with E-state index in [9.17, 15) is 10.5 Å². The average molecular weight is 468 g/mol. The van der Waals surface area contributed by atoms with E-state index in [4.69, 9.17) is 0 Å². The van der Waals surface area contributed by atoms with E-state index in [-0.39, 0.29) is 11.3 Å². The van der Waals surface area contributed by atoms with Gasteiger partial charge < -0.3 is 4.57 Å². The van der Waals surface area contributed by atoms with E-state index in [2.05, 4.69) is 100 Å². The molecule has 0 bridgehead atoms. The first kappa shape index (κ1) is 23.4. The molecule has 0 saturated heterocycles. The molecule has 1 aromatic heterocycles. The van der Waals surface area contributed by atoms with E-state index in [1.807, 2.05) is 18.2 Å². The fourth-order valence-corrected chi connectivity index (χ4v) is 5.70. The molecule has 0 spiro atoms. The number of rotatable bonds is 4. The van der Waals surface area contributed by atoms with Gasteiger partial charge in [-0.1, -0.05) is 76.8 Å². The van der Waals surface area contributed by atoms with E-state index in [1.165, 1.54) is 22.3 Å². The summed E-state index contributed by atoms with van der Waals surface area (Å²) in [5, 5.41) is 21.4. The second-order valence-corrected chi connectivity index (χ2v) is 10.4. The van der Waals surface area contributed by atoms with E-state index in [0.29, 0.717) is 16.8 Å². The fraction of sp³-hybridized carbons (Fsp3) is 0.212. The monoisotopic (exact) mass is 467 g/mol. The summed E-state index contributed by atoms with van der Waals surface area (Å²) in [7, 11) is 0. The molecule has 176 valence electrons. The molecule has 1 heterocycles. The Morgan fingerprint density at radius 1 is 0.944 bits per heavy atom. The van der Waals surface area contributed by atoms with E-state index in [0.717, 1.165) is 27.7 Å². The summed E-state index contributed by atoms with van der Waals surface area (Å²) in [5.74, 6) is 0.217. The summed E-state index contributed by atoms with van der Waals surface area (Å²) in [6.07, 6.45) is 5.78. The highest BCUT2D eigenvalue weighted by Gasteiger charge is 2.36. The molecule has 1 aliphatic carbocycles. The number of aromatic nitrogens is 1. The Bertz CT molecular complexity index is 1640. The minimum Gasteiger partial charge on any atom is -0.311 e. The maximum Gasteiger partial charge on any atom is 0.101 e. The molecule has 4 aromatic rings. The molecule has 5 rings (SSSR count). The molecule has 1 aliphatic rings. The SMILES string of the molecule is C=CC=Cc1c(C)n(-c2c(C#N)cc(C(C)C)cc2C#N)c2cc3c(cc12)-c1ccccc1C3(C)C. The highest BCUT2D eigenvalue weighted by atomic mass is 15.0. The Balaban J connectivity index is 1.94. The standard InChI is InChI=1S/C33H29N3/c1-7-8-11-25-21(4)36(32-23(18-34)14-22(20(2)3)15-24(32)19-35)31-17-30-27(16-28(25)31)26-12-9-10-13-29(26)33(30,5)6/h7-17,20H,1H2,2-6H3. The van der Waals surface area contributed by atoms with Crippen molar-refractivity contribution in [2.75, 3.05) is 0 Å². The van der Waals surface area contributed by atoms with Crippen molar-refractivity contribution in [3.63, 3.8) is 0 Å². The highest BCUT2D eigenvalue weighted by molar-refractivity contribution is 5.99. The van der Waals surface area contributed by atoms with Crippen LogP contribution in [0.4, 0.5) is 0 Å². The molecule has 0 radical (unpaired) electrons. The van der Waals surface area contributed by atoms with Crippen LogP contribution in [0.5, 0.6) is 0 Å². The van der Waals surface area contributed by atoms with Crippen molar-refractivity contribution >= 4 is 17.0 Å². The molecule has 3 aromatic carbocycles. The molecule has 3 heteroatoms.